The van der Waals surface area contributed by atoms with E-state index in [-0.39, 0.29) is 11.6 Å². The predicted octanol–water partition coefficient (Wildman–Crippen LogP) is 1.50. The van der Waals surface area contributed by atoms with Gasteiger partial charge in [0.25, 0.3) is 5.69 Å². The lowest BCUT2D eigenvalue weighted by molar-refractivity contribution is -0.384. The van der Waals surface area contributed by atoms with Gasteiger partial charge in [-0.3, -0.25) is 14.9 Å². The summed E-state index contributed by atoms with van der Waals surface area (Å²) in [5.41, 5.74) is 6.20. The fourth-order valence-corrected chi connectivity index (χ4v) is 1.91. The Kier molecular flexibility index (Phi) is 6.61. The molecule has 0 saturated heterocycles. The Balaban J connectivity index is 2.38. The van der Waals surface area contributed by atoms with Gasteiger partial charge in [0.2, 0.25) is 5.91 Å². The molecule has 0 aromatic heterocycles. The van der Waals surface area contributed by atoms with Gasteiger partial charge in [-0.1, -0.05) is 26.0 Å². The number of hydrogen-bond donors (Lipinski definition) is 3. The molecule has 1 atom stereocenters. The standard InChI is InChI=1S/C14H22N4O3/c1-10(2)9-11(15)14(19)17-8-7-16-12-5-3-4-6-13(12)18(20)21/h3-6,10-11,16H,7-9,15H2,1-2H3,(H,17,19)/t11-/m0/s1. The van der Waals surface area contributed by atoms with E-state index in [1.165, 1.54) is 6.07 Å². The minimum atomic E-state index is -0.518. The monoisotopic (exact) mass is 294 g/mol. The van der Waals surface area contributed by atoms with E-state index >= 15 is 0 Å². The van der Waals surface area contributed by atoms with Crippen molar-refractivity contribution in [2.24, 2.45) is 11.7 Å². The van der Waals surface area contributed by atoms with Crippen LogP contribution in [0.3, 0.4) is 0 Å². The van der Waals surface area contributed by atoms with Crippen molar-refractivity contribution in [2.75, 3.05) is 18.4 Å². The van der Waals surface area contributed by atoms with Crippen molar-refractivity contribution in [3.05, 3.63) is 34.4 Å². The zero-order valence-electron chi connectivity index (χ0n) is 12.3. The first kappa shape index (κ1) is 16.9. The van der Waals surface area contributed by atoms with Crippen LogP contribution in [0.15, 0.2) is 24.3 Å². The lowest BCUT2D eigenvalue weighted by Crippen LogP contribution is -2.42. The fourth-order valence-electron chi connectivity index (χ4n) is 1.91. The molecule has 7 nitrogen and oxygen atoms in total. The number of para-hydroxylation sites is 2. The molecule has 0 aliphatic heterocycles. The van der Waals surface area contributed by atoms with Crippen molar-refractivity contribution < 1.29 is 9.72 Å². The molecule has 7 heteroatoms. The molecule has 116 valence electrons. The van der Waals surface area contributed by atoms with Crippen LogP contribution in [0, 0.1) is 16.0 Å². The molecule has 0 heterocycles. The number of carbonyl (C=O) groups is 1. The summed E-state index contributed by atoms with van der Waals surface area (Å²) in [4.78, 5) is 22.1. The molecule has 0 unspecified atom stereocenters. The van der Waals surface area contributed by atoms with Crippen molar-refractivity contribution in [2.45, 2.75) is 26.3 Å². The molecule has 0 bridgehead atoms. The van der Waals surface area contributed by atoms with Crippen LogP contribution in [0.4, 0.5) is 11.4 Å². The summed E-state index contributed by atoms with van der Waals surface area (Å²) in [6.07, 6.45) is 0.628. The summed E-state index contributed by atoms with van der Waals surface area (Å²) in [6, 6.07) is 5.86. The Morgan fingerprint density at radius 1 is 1.33 bits per heavy atom. The largest absolute Gasteiger partial charge is 0.378 e. The molecule has 1 rings (SSSR count). The maximum absolute atomic E-state index is 11.7. The number of nitrogens with zero attached hydrogens (tertiary/aromatic N) is 1. The van der Waals surface area contributed by atoms with Gasteiger partial charge in [0.15, 0.2) is 0 Å². The van der Waals surface area contributed by atoms with E-state index < -0.39 is 11.0 Å². The zero-order chi connectivity index (χ0) is 15.8. The van der Waals surface area contributed by atoms with Crippen molar-refractivity contribution in [3.8, 4) is 0 Å². The topological polar surface area (TPSA) is 110 Å². The van der Waals surface area contributed by atoms with Crippen LogP contribution in [0.5, 0.6) is 0 Å². The summed E-state index contributed by atoms with van der Waals surface area (Å²) in [5.74, 6) is 0.156. The number of benzene rings is 1. The summed E-state index contributed by atoms with van der Waals surface area (Å²) >= 11 is 0. The van der Waals surface area contributed by atoms with Gasteiger partial charge in [-0.15, -0.1) is 0 Å². The number of rotatable bonds is 8. The molecule has 0 saturated carbocycles. The van der Waals surface area contributed by atoms with Crippen LogP contribution in [-0.4, -0.2) is 30.0 Å². The molecule has 0 aliphatic rings. The molecular weight excluding hydrogens is 272 g/mol. The van der Waals surface area contributed by atoms with Crippen molar-refractivity contribution in [1.29, 1.82) is 0 Å². The third-order valence-electron chi connectivity index (χ3n) is 2.90. The number of nitrogens with one attached hydrogen (secondary N) is 2. The SMILES string of the molecule is CC(C)C[C@H](N)C(=O)NCCNc1ccccc1[N+](=O)[O-]. The molecule has 1 aromatic rings. The molecule has 0 fully saturated rings. The van der Waals surface area contributed by atoms with E-state index in [9.17, 15) is 14.9 Å². The summed E-state index contributed by atoms with van der Waals surface area (Å²) in [6.45, 7) is 4.76. The highest BCUT2D eigenvalue weighted by Crippen LogP contribution is 2.22. The summed E-state index contributed by atoms with van der Waals surface area (Å²) in [5, 5.41) is 16.5. The van der Waals surface area contributed by atoms with E-state index in [4.69, 9.17) is 5.73 Å². The van der Waals surface area contributed by atoms with E-state index in [0.29, 0.717) is 31.1 Å². The van der Waals surface area contributed by atoms with Gasteiger partial charge < -0.3 is 16.4 Å². The number of nitro groups is 1. The number of nitro benzene ring substituents is 1. The molecule has 1 aromatic carbocycles. The third-order valence-corrected chi connectivity index (χ3v) is 2.90. The Labute approximate surface area is 124 Å². The molecule has 0 radical (unpaired) electrons. The molecule has 1 amide bonds. The third kappa shape index (κ3) is 5.78. The number of nitrogens with two attached hydrogens (primary N) is 1. The number of carbonyl (C=O) groups excluding carboxylic acids is 1. The van der Waals surface area contributed by atoms with Crippen molar-refractivity contribution in [3.63, 3.8) is 0 Å². The second-order valence-electron chi connectivity index (χ2n) is 5.23. The molecular formula is C14H22N4O3. The lowest BCUT2D eigenvalue weighted by atomic mass is 10.0. The fraction of sp³-hybridized carbons (Fsp3) is 0.500. The van der Waals surface area contributed by atoms with Crippen LogP contribution in [0.1, 0.15) is 20.3 Å². The van der Waals surface area contributed by atoms with Gasteiger partial charge >= 0.3 is 0 Å². The Hall–Kier alpha value is -2.15. The van der Waals surface area contributed by atoms with Crippen LogP contribution in [0.2, 0.25) is 0 Å². The van der Waals surface area contributed by atoms with E-state index in [2.05, 4.69) is 10.6 Å². The number of amides is 1. The first-order valence-electron chi connectivity index (χ1n) is 6.92. The summed E-state index contributed by atoms with van der Waals surface area (Å²) in [7, 11) is 0. The Morgan fingerprint density at radius 2 is 2.00 bits per heavy atom. The minimum absolute atomic E-state index is 0.0142. The highest BCUT2D eigenvalue weighted by molar-refractivity contribution is 5.81. The average molecular weight is 294 g/mol. The summed E-state index contributed by atoms with van der Waals surface area (Å²) < 4.78 is 0. The molecule has 4 N–H and O–H groups in total. The van der Waals surface area contributed by atoms with Gasteiger partial charge in [0.05, 0.1) is 11.0 Å². The van der Waals surface area contributed by atoms with E-state index in [1.54, 1.807) is 18.2 Å². The molecule has 21 heavy (non-hydrogen) atoms. The van der Waals surface area contributed by atoms with Gasteiger partial charge in [-0.05, 0) is 18.4 Å². The van der Waals surface area contributed by atoms with Crippen molar-refractivity contribution >= 4 is 17.3 Å². The number of hydrogen-bond acceptors (Lipinski definition) is 5. The second kappa shape index (κ2) is 8.21. The van der Waals surface area contributed by atoms with E-state index in [1.807, 2.05) is 13.8 Å². The molecule has 0 spiro atoms. The van der Waals surface area contributed by atoms with Crippen LogP contribution < -0.4 is 16.4 Å². The maximum Gasteiger partial charge on any atom is 0.292 e. The molecule has 0 aliphatic carbocycles. The second-order valence-corrected chi connectivity index (χ2v) is 5.23. The number of anilines is 1. The van der Waals surface area contributed by atoms with Crippen LogP contribution in [-0.2, 0) is 4.79 Å². The van der Waals surface area contributed by atoms with Gasteiger partial charge in [0, 0.05) is 19.2 Å². The quantitative estimate of drug-likeness (QED) is 0.382. The highest BCUT2D eigenvalue weighted by Gasteiger charge is 2.15. The average Bonchev–Trinajstić information content (AvgIpc) is 2.42. The normalized spacial score (nSPS) is 12.0. The minimum Gasteiger partial charge on any atom is -0.378 e. The first-order chi connectivity index (χ1) is 9.91. The van der Waals surface area contributed by atoms with E-state index in [0.717, 1.165) is 0 Å². The first-order valence-corrected chi connectivity index (χ1v) is 6.92. The zero-order valence-corrected chi connectivity index (χ0v) is 12.3. The smallest absolute Gasteiger partial charge is 0.292 e. The Morgan fingerprint density at radius 3 is 2.62 bits per heavy atom. The highest BCUT2D eigenvalue weighted by atomic mass is 16.6. The van der Waals surface area contributed by atoms with Gasteiger partial charge in [-0.25, -0.2) is 0 Å². The van der Waals surface area contributed by atoms with Gasteiger partial charge in [0.1, 0.15) is 5.69 Å². The van der Waals surface area contributed by atoms with Crippen molar-refractivity contribution in [1.82, 2.24) is 5.32 Å². The Bertz CT molecular complexity index is 491. The van der Waals surface area contributed by atoms with Gasteiger partial charge in [-0.2, -0.15) is 0 Å². The van der Waals surface area contributed by atoms with Crippen LogP contribution in [0.25, 0.3) is 0 Å². The maximum atomic E-state index is 11.7. The lowest BCUT2D eigenvalue weighted by Gasteiger charge is -2.14. The van der Waals surface area contributed by atoms with Crippen LogP contribution >= 0.6 is 0 Å². The predicted molar refractivity (Wildman–Crippen MR) is 82.0 cm³/mol.